The van der Waals surface area contributed by atoms with Crippen LogP contribution in [0.25, 0.3) is 11.3 Å². The van der Waals surface area contributed by atoms with Crippen LogP contribution in [0.2, 0.25) is 0 Å². The standard InChI is InChI=1S/C23H24F3N5S/c1-15-5-2-3-6-17(15)22-18(23(24,25)26)9-10-20(30-22)31-32-21-8-4-7-19(29-21)28-16-11-13-27-14-12-16/h2-10,16,27H,11-14H2,1H3,(H,28,29)(H,30,31). The lowest BCUT2D eigenvalue weighted by Gasteiger charge is -2.24. The van der Waals surface area contributed by atoms with Gasteiger partial charge in [0.25, 0.3) is 0 Å². The van der Waals surface area contributed by atoms with Crippen molar-refractivity contribution in [1.82, 2.24) is 15.3 Å². The number of hydrogen-bond acceptors (Lipinski definition) is 6. The lowest BCUT2D eigenvalue weighted by Crippen LogP contribution is -2.35. The molecular weight excluding hydrogens is 435 g/mol. The maximum Gasteiger partial charge on any atom is 0.418 e. The Morgan fingerprint density at radius 1 is 0.938 bits per heavy atom. The lowest BCUT2D eigenvalue weighted by atomic mass is 10.0. The van der Waals surface area contributed by atoms with Crippen molar-refractivity contribution in [2.24, 2.45) is 0 Å². The van der Waals surface area contributed by atoms with Gasteiger partial charge >= 0.3 is 6.18 Å². The Balaban J connectivity index is 1.52. The topological polar surface area (TPSA) is 61.9 Å². The summed E-state index contributed by atoms with van der Waals surface area (Å²) in [5.41, 5.74) is 0.345. The second-order valence-electron chi connectivity index (χ2n) is 7.64. The van der Waals surface area contributed by atoms with Crippen molar-refractivity contribution in [1.29, 1.82) is 0 Å². The molecule has 0 radical (unpaired) electrons. The number of rotatable bonds is 6. The van der Waals surface area contributed by atoms with E-state index in [2.05, 4.69) is 25.3 Å². The second kappa shape index (κ2) is 9.79. The number of hydrogen-bond donors (Lipinski definition) is 3. The number of halogens is 3. The zero-order chi connectivity index (χ0) is 22.6. The number of anilines is 2. The third-order valence-electron chi connectivity index (χ3n) is 5.28. The van der Waals surface area contributed by atoms with Crippen LogP contribution in [0.4, 0.5) is 24.8 Å². The maximum atomic E-state index is 13.6. The Morgan fingerprint density at radius 2 is 1.72 bits per heavy atom. The number of piperidine rings is 1. The van der Waals surface area contributed by atoms with Crippen molar-refractivity contribution in [3.05, 3.63) is 65.7 Å². The molecule has 1 saturated heterocycles. The lowest BCUT2D eigenvalue weighted by molar-refractivity contribution is -0.137. The van der Waals surface area contributed by atoms with E-state index in [0.29, 0.717) is 22.4 Å². The number of aryl methyl sites for hydroxylation is 1. The Bertz CT molecular complexity index is 1070. The molecule has 1 aliphatic rings. The summed E-state index contributed by atoms with van der Waals surface area (Å²) in [6, 6.07) is 15.4. The molecule has 9 heteroatoms. The maximum absolute atomic E-state index is 13.6. The summed E-state index contributed by atoms with van der Waals surface area (Å²) in [5.74, 6) is 1.12. The number of nitrogens with one attached hydrogen (secondary N) is 3. The predicted molar refractivity (Wildman–Crippen MR) is 123 cm³/mol. The minimum atomic E-state index is -4.49. The van der Waals surface area contributed by atoms with E-state index >= 15 is 0 Å². The van der Waals surface area contributed by atoms with E-state index in [9.17, 15) is 13.2 Å². The molecule has 5 nitrogen and oxygen atoms in total. The molecule has 0 atom stereocenters. The van der Waals surface area contributed by atoms with E-state index in [1.807, 2.05) is 18.2 Å². The highest BCUT2D eigenvalue weighted by molar-refractivity contribution is 8.00. The molecule has 0 spiro atoms. The predicted octanol–water partition coefficient (Wildman–Crippen LogP) is 5.75. The third-order valence-corrected chi connectivity index (χ3v) is 6.02. The molecule has 1 fully saturated rings. The summed E-state index contributed by atoms with van der Waals surface area (Å²) in [6.45, 7) is 3.74. The monoisotopic (exact) mass is 459 g/mol. The van der Waals surface area contributed by atoms with Gasteiger partial charge in [-0.25, -0.2) is 9.97 Å². The fraction of sp³-hybridized carbons (Fsp3) is 0.304. The number of alkyl halides is 3. The molecule has 0 amide bonds. The number of nitrogens with zero attached hydrogens (tertiary/aromatic N) is 2. The Morgan fingerprint density at radius 3 is 2.47 bits per heavy atom. The summed E-state index contributed by atoms with van der Waals surface area (Å²) in [5, 5.41) is 7.48. The first-order valence-electron chi connectivity index (χ1n) is 10.4. The largest absolute Gasteiger partial charge is 0.418 e. The second-order valence-corrected chi connectivity index (χ2v) is 8.47. The van der Waals surface area contributed by atoms with Crippen molar-refractivity contribution in [2.75, 3.05) is 23.1 Å². The SMILES string of the molecule is Cc1ccccc1-c1nc(NSc2cccc(NC3CCNCC3)n2)ccc1C(F)(F)F. The van der Waals surface area contributed by atoms with Crippen LogP contribution in [0.15, 0.2) is 59.6 Å². The van der Waals surface area contributed by atoms with Gasteiger partial charge in [0.1, 0.15) is 16.7 Å². The minimum absolute atomic E-state index is 0.0875. The van der Waals surface area contributed by atoms with Crippen molar-refractivity contribution in [3.63, 3.8) is 0 Å². The van der Waals surface area contributed by atoms with Gasteiger partial charge in [0, 0.05) is 23.6 Å². The van der Waals surface area contributed by atoms with Crippen LogP contribution in [0.5, 0.6) is 0 Å². The number of benzene rings is 1. The molecule has 4 rings (SSSR count). The van der Waals surface area contributed by atoms with Crippen LogP contribution < -0.4 is 15.4 Å². The Hall–Kier alpha value is -2.78. The number of aromatic nitrogens is 2. The van der Waals surface area contributed by atoms with Gasteiger partial charge in [0.05, 0.1) is 11.3 Å². The molecule has 3 aromatic rings. The van der Waals surface area contributed by atoms with E-state index in [4.69, 9.17) is 0 Å². The first-order chi connectivity index (χ1) is 15.4. The van der Waals surface area contributed by atoms with Crippen LogP contribution in [-0.4, -0.2) is 29.1 Å². The van der Waals surface area contributed by atoms with Gasteiger partial charge in [-0.15, -0.1) is 0 Å². The van der Waals surface area contributed by atoms with E-state index in [0.717, 1.165) is 43.4 Å². The smallest absolute Gasteiger partial charge is 0.367 e. The quantitative estimate of drug-likeness (QED) is 0.408. The van der Waals surface area contributed by atoms with Gasteiger partial charge in [-0.2, -0.15) is 13.2 Å². The van der Waals surface area contributed by atoms with Crippen LogP contribution >= 0.6 is 11.9 Å². The van der Waals surface area contributed by atoms with Crippen molar-refractivity contribution in [3.8, 4) is 11.3 Å². The zero-order valence-corrected chi connectivity index (χ0v) is 18.4. The summed E-state index contributed by atoms with van der Waals surface area (Å²) in [7, 11) is 0. The van der Waals surface area contributed by atoms with E-state index < -0.39 is 11.7 Å². The van der Waals surface area contributed by atoms with Crippen molar-refractivity contribution in [2.45, 2.75) is 37.0 Å². The summed E-state index contributed by atoms with van der Waals surface area (Å²) >= 11 is 1.21. The Labute approximate surface area is 189 Å². The fourth-order valence-corrected chi connectivity index (χ4v) is 4.23. The van der Waals surface area contributed by atoms with E-state index in [-0.39, 0.29) is 5.69 Å². The average molecular weight is 460 g/mol. The molecule has 1 aliphatic heterocycles. The summed E-state index contributed by atoms with van der Waals surface area (Å²) in [6.07, 6.45) is -2.42. The molecule has 0 bridgehead atoms. The van der Waals surface area contributed by atoms with Gasteiger partial charge in [-0.3, -0.25) is 0 Å². The Kier molecular flexibility index (Phi) is 6.86. The highest BCUT2D eigenvalue weighted by Gasteiger charge is 2.35. The third kappa shape index (κ3) is 5.52. The van der Waals surface area contributed by atoms with Gasteiger partial charge in [0.15, 0.2) is 0 Å². The summed E-state index contributed by atoms with van der Waals surface area (Å²) in [4.78, 5) is 8.89. The highest BCUT2D eigenvalue weighted by Crippen LogP contribution is 2.38. The highest BCUT2D eigenvalue weighted by atomic mass is 32.2. The van der Waals surface area contributed by atoms with Gasteiger partial charge < -0.3 is 15.4 Å². The van der Waals surface area contributed by atoms with Crippen LogP contribution in [0, 0.1) is 6.92 Å². The molecule has 32 heavy (non-hydrogen) atoms. The molecule has 0 saturated carbocycles. The van der Waals surface area contributed by atoms with Gasteiger partial charge in [-0.05, 0) is 62.7 Å². The fourth-order valence-electron chi connectivity index (χ4n) is 3.62. The first kappa shape index (κ1) is 22.4. The zero-order valence-electron chi connectivity index (χ0n) is 17.5. The molecule has 2 aromatic heterocycles. The molecule has 0 unspecified atom stereocenters. The van der Waals surface area contributed by atoms with E-state index in [1.165, 1.54) is 18.0 Å². The summed E-state index contributed by atoms with van der Waals surface area (Å²) < 4.78 is 43.8. The van der Waals surface area contributed by atoms with Crippen molar-refractivity contribution < 1.29 is 13.2 Å². The molecule has 168 valence electrons. The minimum Gasteiger partial charge on any atom is -0.367 e. The van der Waals surface area contributed by atoms with E-state index in [1.54, 1.807) is 31.2 Å². The molecule has 1 aromatic carbocycles. The normalized spacial score (nSPS) is 14.9. The molecule has 3 heterocycles. The number of pyridine rings is 2. The van der Waals surface area contributed by atoms with Crippen LogP contribution in [0.3, 0.4) is 0 Å². The molecule has 3 N–H and O–H groups in total. The first-order valence-corrected chi connectivity index (χ1v) is 11.2. The van der Waals surface area contributed by atoms with Crippen LogP contribution in [-0.2, 0) is 6.18 Å². The molecular formula is C23H24F3N5S. The van der Waals surface area contributed by atoms with Crippen LogP contribution in [0.1, 0.15) is 24.0 Å². The molecule has 0 aliphatic carbocycles. The van der Waals surface area contributed by atoms with Crippen molar-refractivity contribution >= 4 is 23.6 Å². The van der Waals surface area contributed by atoms with Gasteiger partial charge in [-0.1, -0.05) is 30.3 Å². The average Bonchev–Trinajstić information content (AvgIpc) is 2.78. The van der Waals surface area contributed by atoms with Gasteiger partial charge in [0.2, 0.25) is 0 Å².